The molecule has 1 aliphatic carbocycles. The third-order valence-corrected chi connectivity index (χ3v) is 4.43. The van der Waals surface area contributed by atoms with Crippen LogP contribution in [0, 0.1) is 6.92 Å². The third kappa shape index (κ3) is 2.53. The van der Waals surface area contributed by atoms with Crippen LogP contribution in [-0.4, -0.2) is 0 Å². The van der Waals surface area contributed by atoms with Crippen LogP contribution in [0.3, 0.4) is 0 Å². The molecule has 1 N–H and O–H groups in total. The van der Waals surface area contributed by atoms with Gasteiger partial charge >= 0.3 is 0 Å². The molecule has 106 valence electrons. The lowest BCUT2D eigenvalue weighted by Crippen LogP contribution is -2.28. The predicted octanol–water partition coefficient (Wildman–Crippen LogP) is 4.88. The first-order valence-electron chi connectivity index (χ1n) is 7.56. The number of benzene rings is 1. The maximum absolute atomic E-state index is 5.73. The number of hydrogen-bond acceptors (Lipinski definition) is 2. The fourth-order valence-corrected chi connectivity index (χ4v) is 3.25. The Morgan fingerprint density at radius 3 is 2.55 bits per heavy atom. The van der Waals surface area contributed by atoms with Crippen molar-refractivity contribution in [3.8, 4) is 0 Å². The molecular weight excluding hydrogens is 246 g/mol. The van der Waals surface area contributed by atoms with E-state index < -0.39 is 0 Å². The van der Waals surface area contributed by atoms with Crippen LogP contribution in [-0.2, 0) is 0 Å². The second-order valence-corrected chi connectivity index (χ2v) is 6.00. The van der Waals surface area contributed by atoms with Crippen molar-refractivity contribution < 1.29 is 4.42 Å². The number of furan rings is 1. The summed E-state index contributed by atoms with van der Waals surface area (Å²) in [6.45, 7) is 6.50. The Balaban J connectivity index is 1.80. The first-order valence-corrected chi connectivity index (χ1v) is 7.56. The number of aryl methyl sites for hydroxylation is 1. The molecule has 0 aliphatic heterocycles. The van der Waals surface area contributed by atoms with E-state index in [0.717, 1.165) is 11.5 Å². The van der Waals surface area contributed by atoms with Crippen LogP contribution in [0.2, 0.25) is 0 Å². The lowest BCUT2D eigenvalue weighted by atomic mass is 9.81. The summed E-state index contributed by atoms with van der Waals surface area (Å²) < 4.78 is 5.73. The predicted molar refractivity (Wildman–Crippen MR) is 81.8 cm³/mol. The average Bonchev–Trinajstić information content (AvgIpc) is 2.89. The van der Waals surface area contributed by atoms with Gasteiger partial charge in [0.25, 0.3) is 0 Å². The van der Waals surface area contributed by atoms with E-state index in [-0.39, 0.29) is 6.04 Å². The Labute approximate surface area is 121 Å². The molecule has 2 heteroatoms. The molecule has 20 heavy (non-hydrogen) atoms. The van der Waals surface area contributed by atoms with Gasteiger partial charge in [-0.15, -0.1) is 0 Å². The molecule has 0 saturated heterocycles. The average molecular weight is 269 g/mol. The Kier molecular flexibility index (Phi) is 3.66. The Morgan fingerprint density at radius 1 is 1.10 bits per heavy atom. The van der Waals surface area contributed by atoms with Gasteiger partial charge in [-0.2, -0.15) is 0 Å². The van der Waals surface area contributed by atoms with Crippen LogP contribution in [0.4, 0.5) is 0 Å². The zero-order chi connectivity index (χ0) is 14.1. The van der Waals surface area contributed by atoms with E-state index >= 15 is 0 Å². The summed E-state index contributed by atoms with van der Waals surface area (Å²) in [7, 11) is 0. The summed E-state index contributed by atoms with van der Waals surface area (Å²) in [6, 6.07) is 13.6. The molecule has 0 bridgehead atoms. The maximum Gasteiger partial charge on any atom is 0.120 e. The van der Waals surface area contributed by atoms with E-state index in [4.69, 9.17) is 4.42 Å². The fourth-order valence-electron chi connectivity index (χ4n) is 3.25. The van der Waals surface area contributed by atoms with Crippen LogP contribution in [0.1, 0.15) is 67.3 Å². The topological polar surface area (TPSA) is 25.2 Å². The SMILES string of the molecule is Cc1ccc(C(C)NC2CCC(C)c3ccccc32)o1. The highest BCUT2D eigenvalue weighted by atomic mass is 16.3. The van der Waals surface area contributed by atoms with Crippen molar-refractivity contribution in [2.75, 3.05) is 0 Å². The second kappa shape index (κ2) is 5.45. The molecule has 3 unspecified atom stereocenters. The maximum atomic E-state index is 5.73. The van der Waals surface area contributed by atoms with Crippen molar-refractivity contribution in [1.82, 2.24) is 5.32 Å². The Morgan fingerprint density at radius 2 is 1.85 bits per heavy atom. The van der Waals surface area contributed by atoms with Gasteiger partial charge in [0, 0.05) is 6.04 Å². The van der Waals surface area contributed by atoms with Crippen molar-refractivity contribution in [2.24, 2.45) is 0 Å². The van der Waals surface area contributed by atoms with E-state index in [2.05, 4.69) is 49.5 Å². The minimum Gasteiger partial charge on any atom is -0.465 e. The normalized spacial score (nSPS) is 23.4. The van der Waals surface area contributed by atoms with Crippen LogP contribution in [0.15, 0.2) is 40.8 Å². The van der Waals surface area contributed by atoms with Gasteiger partial charge in [0.05, 0.1) is 6.04 Å². The minimum atomic E-state index is 0.246. The fraction of sp³-hybridized carbons (Fsp3) is 0.444. The van der Waals surface area contributed by atoms with Crippen molar-refractivity contribution in [3.63, 3.8) is 0 Å². The number of fused-ring (bicyclic) bond motifs is 1. The van der Waals surface area contributed by atoms with Gasteiger partial charge in [-0.1, -0.05) is 31.2 Å². The molecule has 1 aromatic heterocycles. The molecule has 0 amide bonds. The Hall–Kier alpha value is -1.54. The summed E-state index contributed by atoms with van der Waals surface area (Å²) in [6.07, 6.45) is 2.45. The molecule has 3 rings (SSSR count). The van der Waals surface area contributed by atoms with Gasteiger partial charge in [-0.05, 0) is 55.9 Å². The van der Waals surface area contributed by atoms with Crippen molar-refractivity contribution in [2.45, 2.75) is 51.6 Å². The molecule has 1 aliphatic rings. The summed E-state index contributed by atoms with van der Waals surface area (Å²) in [5, 5.41) is 3.73. The molecule has 2 nitrogen and oxygen atoms in total. The first-order chi connectivity index (χ1) is 9.65. The standard InChI is InChI=1S/C18H23NO/c1-12-8-10-17(16-7-5-4-6-15(12)16)19-14(3)18-11-9-13(2)20-18/h4-7,9,11-12,14,17,19H,8,10H2,1-3H3. The first kappa shape index (κ1) is 13.4. The monoisotopic (exact) mass is 269 g/mol. The number of rotatable bonds is 3. The van der Waals surface area contributed by atoms with Crippen LogP contribution >= 0.6 is 0 Å². The minimum absolute atomic E-state index is 0.246. The van der Waals surface area contributed by atoms with Gasteiger partial charge in [-0.25, -0.2) is 0 Å². The van der Waals surface area contributed by atoms with Crippen LogP contribution < -0.4 is 5.32 Å². The van der Waals surface area contributed by atoms with E-state index in [1.807, 2.05) is 13.0 Å². The zero-order valence-corrected chi connectivity index (χ0v) is 12.5. The highest BCUT2D eigenvalue weighted by molar-refractivity contribution is 5.35. The van der Waals surface area contributed by atoms with Gasteiger partial charge in [0.15, 0.2) is 0 Å². The zero-order valence-electron chi connectivity index (χ0n) is 12.5. The lowest BCUT2D eigenvalue weighted by Gasteiger charge is -2.32. The lowest BCUT2D eigenvalue weighted by molar-refractivity contribution is 0.353. The van der Waals surface area contributed by atoms with Crippen molar-refractivity contribution in [3.05, 3.63) is 59.0 Å². The smallest absolute Gasteiger partial charge is 0.120 e. The van der Waals surface area contributed by atoms with Crippen LogP contribution in [0.25, 0.3) is 0 Å². The molecular formula is C18H23NO. The molecule has 0 fully saturated rings. The highest BCUT2D eigenvalue weighted by Gasteiger charge is 2.25. The molecule has 0 saturated carbocycles. The van der Waals surface area contributed by atoms with Gasteiger partial charge < -0.3 is 9.73 Å². The van der Waals surface area contributed by atoms with E-state index in [0.29, 0.717) is 12.0 Å². The third-order valence-electron chi connectivity index (χ3n) is 4.43. The molecule has 2 aromatic rings. The largest absolute Gasteiger partial charge is 0.465 e. The van der Waals surface area contributed by atoms with Gasteiger partial charge in [-0.3, -0.25) is 0 Å². The van der Waals surface area contributed by atoms with E-state index in [1.165, 1.54) is 24.0 Å². The van der Waals surface area contributed by atoms with E-state index in [1.54, 1.807) is 0 Å². The summed E-state index contributed by atoms with van der Waals surface area (Å²) >= 11 is 0. The molecule has 3 atom stereocenters. The molecule has 1 aromatic carbocycles. The Bertz CT molecular complexity index is 587. The molecule has 0 radical (unpaired) electrons. The van der Waals surface area contributed by atoms with E-state index in [9.17, 15) is 0 Å². The highest BCUT2D eigenvalue weighted by Crippen LogP contribution is 2.38. The summed E-state index contributed by atoms with van der Waals surface area (Å²) in [5.41, 5.74) is 2.96. The summed E-state index contributed by atoms with van der Waals surface area (Å²) in [4.78, 5) is 0. The second-order valence-electron chi connectivity index (χ2n) is 6.00. The van der Waals surface area contributed by atoms with Gasteiger partial charge in [0.2, 0.25) is 0 Å². The molecule has 1 heterocycles. The van der Waals surface area contributed by atoms with Crippen molar-refractivity contribution >= 4 is 0 Å². The number of hydrogen-bond donors (Lipinski definition) is 1. The van der Waals surface area contributed by atoms with Gasteiger partial charge in [0.1, 0.15) is 11.5 Å². The molecule has 0 spiro atoms. The summed E-state index contributed by atoms with van der Waals surface area (Å²) in [5.74, 6) is 2.68. The number of nitrogens with one attached hydrogen (secondary N) is 1. The quantitative estimate of drug-likeness (QED) is 0.859. The van der Waals surface area contributed by atoms with Crippen molar-refractivity contribution in [1.29, 1.82) is 0 Å². The van der Waals surface area contributed by atoms with Crippen LogP contribution in [0.5, 0.6) is 0 Å².